The normalized spacial score (nSPS) is 11.5. The van der Waals surface area contributed by atoms with E-state index in [0.717, 1.165) is 27.9 Å². The van der Waals surface area contributed by atoms with Crippen molar-refractivity contribution in [1.82, 2.24) is 9.29 Å². The number of benzene rings is 3. The SMILES string of the molecule is CCN(Cc1ccccc1)S(=O)(=O)c1ccc(C(=O)Nc2nc(-c3cc(C)ccc3C)cs2)cc1. The van der Waals surface area contributed by atoms with Crippen LogP contribution in [0.3, 0.4) is 0 Å². The number of amides is 1. The van der Waals surface area contributed by atoms with E-state index in [1.54, 1.807) is 0 Å². The maximum absolute atomic E-state index is 13.1. The average molecular weight is 506 g/mol. The molecule has 4 aromatic rings. The first-order chi connectivity index (χ1) is 16.8. The van der Waals surface area contributed by atoms with Crippen LogP contribution in [-0.4, -0.2) is 30.2 Å². The van der Waals surface area contributed by atoms with Gasteiger partial charge in [0, 0.05) is 29.6 Å². The van der Waals surface area contributed by atoms with Crippen molar-refractivity contribution in [3.05, 3.63) is 100 Å². The first-order valence-electron chi connectivity index (χ1n) is 11.3. The smallest absolute Gasteiger partial charge is 0.257 e. The van der Waals surface area contributed by atoms with Crippen LogP contribution in [0.1, 0.15) is 34.0 Å². The summed E-state index contributed by atoms with van der Waals surface area (Å²) in [6, 6.07) is 21.6. The number of anilines is 1. The van der Waals surface area contributed by atoms with Gasteiger partial charge in [-0.05, 0) is 55.3 Å². The van der Waals surface area contributed by atoms with Gasteiger partial charge in [0.25, 0.3) is 5.91 Å². The van der Waals surface area contributed by atoms with Crippen LogP contribution in [0.25, 0.3) is 11.3 Å². The molecule has 1 heterocycles. The molecule has 0 saturated carbocycles. The Morgan fingerprint density at radius 1 is 1.00 bits per heavy atom. The standard InChI is InChI=1S/C27H27N3O3S2/c1-4-30(17-21-8-6-5-7-9-21)35(32,33)23-14-12-22(13-15-23)26(31)29-27-28-25(18-34-27)24-16-19(2)10-11-20(24)3/h5-16,18H,4,17H2,1-3H3,(H,28,29,31). The van der Waals surface area contributed by atoms with Gasteiger partial charge in [0.05, 0.1) is 10.6 Å². The lowest BCUT2D eigenvalue weighted by atomic mass is 10.0. The summed E-state index contributed by atoms with van der Waals surface area (Å²) < 4.78 is 27.7. The fourth-order valence-electron chi connectivity index (χ4n) is 3.72. The lowest BCUT2D eigenvalue weighted by Gasteiger charge is -2.20. The topological polar surface area (TPSA) is 79.4 Å². The van der Waals surface area contributed by atoms with Gasteiger partial charge in [0.1, 0.15) is 0 Å². The fraction of sp³-hybridized carbons (Fsp3) is 0.185. The second-order valence-corrected chi connectivity index (χ2v) is 11.0. The molecule has 0 aliphatic rings. The van der Waals surface area contributed by atoms with E-state index in [2.05, 4.69) is 28.5 Å². The van der Waals surface area contributed by atoms with E-state index < -0.39 is 10.0 Å². The van der Waals surface area contributed by atoms with E-state index in [9.17, 15) is 13.2 Å². The van der Waals surface area contributed by atoms with Crippen molar-refractivity contribution in [2.24, 2.45) is 0 Å². The average Bonchev–Trinajstić information content (AvgIpc) is 3.32. The number of rotatable bonds is 8. The number of hydrogen-bond acceptors (Lipinski definition) is 5. The minimum absolute atomic E-state index is 0.151. The molecule has 1 aromatic heterocycles. The number of thiazole rings is 1. The molecule has 8 heteroatoms. The van der Waals surface area contributed by atoms with Gasteiger partial charge in [-0.2, -0.15) is 4.31 Å². The molecule has 0 unspecified atom stereocenters. The molecule has 1 amide bonds. The van der Waals surface area contributed by atoms with Gasteiger partial charge in [-0.15, -0.1) is 11.3 Å². The van der Waals surface area contributed by atoms with E-state index in [1.165, 1.54) is 39.9 Å². The Hall–Kier alpha value is -3.33. The largest absolute Gasteiger partial charge is 0.298 e. The molecule has 1 N–H and O–H groups in total. The molecule has 6 nitrogen and oxygen atoms in total. The van der Waals surface area contributed by atoms with Crippen molar-refractivity contribution in [2.75, 3.05) is 11.9 Å². The molecule has 3 aromatic carbocycles. The summed E-state index contributed by atoms with van der Waals surface area (Å²) in [4.78, 5) is 17.5. The Kier molecular flexibility index (Phi) is 7.45. The third-order valence-electron chi connectivity index (χ3n) is 5.70. The van der Waals surface area contributed by atoms with E-state index in [4.69, 9.17) is 0 Å². The molecular weight excluding hydrogens is 478 g/mol. The minimum atomic E-state index is -3.69. The number of carbonyl (C=O) groups is 1. The van der Waals surface area contributed by atoms with Crippen LogP contribution in [0.4, 0.5) is 5.13 Å². The highest BCUT2D eigenvalue weighted by molar-refractivity contribution is 7.89. The summed E-state index contributed by atoms with van der Waals surface area (Å²) in [7, 11) is -3.69. The van der Waals surface area contributed by atoms with Crippen molar-refractivity contribution < 1.29 is 13.2 Å². The minimum Gasteiger partial charge on any atom is -0.298 e. The first-order valence-corrected chi connectivity index (χ1v) is 13.6. The Balaban J connectivity index is 1.47. The zero-order valence-corrected chi connectivity index (χ0v) is 21.5. The second kappa shape index (κ2) is 10.5. The Morgan fingerprint density at radius 2 is 1.71 bits per heavy atom. The summed E-state index contributed by atoms with van der Waals surface area (Å²) in [6.45, 7) is 6.49. The van der Waals surface area contributed by atoms with E-state index in [0.29, 0.717) is 17.2 Å². The molecule has 180 valence electrons. The molecule has 0 saturated heterocycles. The van der Waals surface area contributed by atoms with Crippen LogP contribution in [0, 0.1) is 13.8 Å². The fourth-order valence-corrected chi connectivity index (χ4v) is 5.86. The second-order valence-electron chi connectivity index (χ2n) is 8.25. The molecule has 0 aliphatic carbocycles. The quantitative estimate of drug-likeness (QED) is 0.324. The molecule has 0 atom stereocenters. The van der Waals surface area contributed by atoms with Gasteiger partial charge in [-0.3, -0.25) is 10.1 Å². The van der Waals surface area contributed by atoms with Crippen LogP contribution >= 0.6 is 11.3 Å². The van der Waals surface area contributed by atoms with Gasteiger partial charge in [-0.1, -0.05) is 55.0 Å². The summed E-state index contributed by atoms with van der Waals surface area (Å²) in [5.41, 5.74) is 5.38. The van der Waals surface area contributed by atoms with Crippen molar-refractivity contribution in [1.29, 1.82) is 0 Å². The number of aromatic nitrogens is 1. The number of nitrogens with zero attached hydrogens (tertiary/aromatic N) is 2. The van der Waals surface area contributed by atoms with Crippen LogP contribution in [0.15, 0.2) is 83.1 Å². The molecule has 4 rings (SSSR count). The molecule has 35 heavy (non-hydrogen) atoms. The van der Waals surface area contributed by atoms with E-state index in [-0.39, 0.29) is 17.3 Å². The van der Waals surface area contributed by atoms with Gasteiger partial charge in [0.15, 0.2) is 5.13 Å². The van der Waals surface area contributed by atoms with Gasteiger partial charge < -0.3 is 0 Å². The van der Waals surface area contributed by atoms with Crippen LogP contribution in [0.5, 0.6) is 0 Å². The third-order valence-corrected chi connectivity index (χ3v) is 8.40. The highest BCUT2D eigenvalue weighted by Crippen LogP contribution is 2.28. The zero-order chi connectivity index (χ0) is 25.0. The highest BCUT2D eigenvalue weighted by Gasteiger charge is 2.23. The Bertz CT molecular complexity index is 1430. The molecule has 0 aliphatic heterocycles. The van der Waals surface area contributed by atoms with Crippen molar-refractivity contribution >= 4 is 32.4 Å². The monoisotopic (exact) mass is 505 g/mol. The predicted molar refractivity (Wildman–Crippen MR) is 141 cm³/mol. The third kappa shape index (κ3) is 5.67. The summed E-state index contributed by atoms with van der Waals surface area (Å²) in [5.74, 6) is -0.340. The number of carbonyl (C=O) groups excluding carboxylic acids is 1. The van der Waals surface area contributed by atoms with Crippen LogP contribution in [0.2, 0.25) is 0 Å². The van der Waals surface area contributed by atoms with Crippen molar-refractivity contribution in [3.8, 4) is 11.3 Å². The lowest BCUT2D eigenvalue weighted by Crippen LogP contribution is -2.30. The summed E-state index contributed by atoms with van der Waals surface area (Å²) in [5, 5.41) is 5.22. The Morgan fingerprint density at radius 3 is 2.40 bits per heavy atom. The maximum atomic E-state index is 13.1. The zero-order valence-electron chi connectivity index (χ0n) is 19.9. The predicted octanol–water partition coefficient (Wildman–Crippen LogP) is 5.89. The maximum Gasteiger partial charge on any atom is 0.257 e. The van der Waals surface area contributed by atoms with Gasteiger partial charge >= 0.3 is 0 Å². The summed E-state index contributed by atoms with van der Waals surface area (Å²) >= 11 is 1.35. The lowest BCUT2D eigenvalue weighted by molar-refractivity contribution is 0.102. The number of hydrogen-bond donors (Lipinski definition) is 1. The number of aryl methyl sites for hydroxylation is 2. The highest BCUT2D eigenvalue weighted by atomic mass is 32.2. The van der Waals surface area contributed by atoms with Crippen LogP contribution in [-0.2, 0) is 16.6 Å². The summed E-state index contributed by atoms with van der Waals surface area (Å²) in [6.07, 6.45) is 0. The molecular formula is C27H27N3O3S2. The van der Waals surface area contributed by atoms with E-state index in [1.807, 2.05) is 56.5 Å². The van der Waals surface area contributed by atoms with Gasteiger partial charge in [-0.25, -0.2) is 13.4 Å². The van der Waals surface area contributed by atoms with Crippen molar-refractivity contribution in [3.63, 3.8) is 0 Å². The van der Waals surface area contributed by atoms with E-state index >= 15 is 0 Å². The molecule has 0 fully saturated rings. The first kappa shape index (κ1) is 24.8. The number of nitrogens with one attached hydrogen (secondary N) is 1. The Labute approximate surface area is 210 Å². The molecule has 0 radical (unpaired) electrons. The van der Waals surface area contributed by atoms with Crippen LogP contribution < -0.4 is 5.32 Å². The van der Waals surface area contributed by atoms with Crippen molar-refractivity contribution in [2.45, 2.75) is 32.2 Å². The van der Waals surface area contributed by atoms with Gasteiger partial charge in [0.2, 0.25) is 10.0 Å². The molecule has 0 spiro atoms. The molecule has 0 bridgehead atoms. The number of sulfonamides is 1.